The van der Waals surface area contributed by atoms with E-state index in [1.54, 1.807) is 41.3 Å². The number of nitrogens with zero attached hydrogens (tertiary/aromatic N) is 3. The Labute approximate surface area is 246 Å². The molecule has 2 fully saturated rings. The van der Waals surface area contributed by atoms with Crippen LogP contribution in [0.3, 0.4) is 0 Å². The summed E-state index contributed by atoms with van der Waals surface area (Å²) in [5.74, 6) is -0.289. The molecule has 0 aromatic heterocycles. The van der Waals surface area contributed by atoms with Crippen LogP contribution in [0.15, 0.2) is 41.3 Å². The molecule has 1 aliphatic heterocycles. The quantitative estimate of drug-likeness (QED) is 0.345. The molecule has 41 heavy (non-hydrogen) atoms. The standard InChI is InChI=1S/C29H39ClN4O6S/c1-29(2,3)40-33(20-35)19-21-4-6-22(7-5-21)28(37)31-18-27(36)32-12-14-34(15-13-32)41(38,39)26-11-9-23-16-25(30)10-8-24(23)17-26/h8-11,16-17,20-22H,4-7,12-15,18-19H2,1-3H3,(H,31,37). The van der Waals surface area contributed by atoms with Crippen LogP contribution in [0.1, 0.15) is 46.5 Å². The molecule has 1 heterocycles. The lowest BCUT2D eigenvalue weighted by Gasteiger charge is -2.34. The first-order valence-corrected chi connectivity index (χ1v) is 15.8. The molecule has 3 amide bonds. The molecule has 224 valence electrons. The highest BCUT2D eigenvalue weighted by Crippen LogP contribution is 2.30. The number of hydrogen-bond donors (Lipinski definition) is 1. The lowest BCUT2D eigenvalue weighted by molar-refractivity contribution is -0.220. The van der Waals surface area contributed by atoms with Crippen LogP contribution in [0.2, 0.25) is 5.02 Å². The molecular weight excluding hydrogens is 568 g/mol. The van der Waals surface area contributed by atoms with E-state index in [9.17, 15) is 22.8 Å². The van der Waals surface area contributed by atoms with Crippen molar-refractivity contribution in [1.82, 2.24) is 19.6 Å². The van der Waals surface area contributed by atoms with Crippen LogP contribution in [0.5, 0.6) is 0 Å². The summed E-state index contributed by atoms with van der Waals surface area (Å²) in [5.41, 5.74) is -0.460. The maximum Gasteiger partial charge on any atom is 0.243 e. The highest BCUT2D eigenvalue weighted by Gasteiger charge is 2.32. The van der Waals surface area contributed by atoms with Gasteiger partial charge in [-0.2, -0.15) is 4.31 Å². The highest BCUT2D eigenvalue weighted by atomic mass is 35.5. The van der Waals surface area contributed by atoms with Crippen LogP contribution >= 0.6 is 11.6 Å². The molecule has 12 heteroatoms. The summed E-state index contributed by atoms with van der Waals surface area (Å²) >= 11 is 6.03. The normalized spacial score (nSPS) is 20.5. The number of carbonyl (C=O) groups excluding carboxylic acids is 3. The zero-order chi connectivity index (χ0) is 29.8. The Morgan fingerprint density at radius 2 is 1.66 bits per heavy atom. The third-order valence-electron chi connectivity index (χ3n) is 7.58. The van der Waals surface area contributed by atoms with Gasteiger partial charge in [0, 0.05) is 37.1 Å². The Kier molecular flexibility index (Phi) is 9.94. The Balaban J connectivity index is 1.21. The third-order valence-corrected chi connectivity index (χ3v) is 9.71. The molecule has 1 saturated heterocycles. The second kappa shape index (κ2) is 13.1. The molecule has 0 atom stereocenters. The van der Waals surface area contributed by atoms with Crippen LogP contribution in [0.4, 0.5) is 0 Å². The van der Waals surface area contributed by atoms with E-state index < -0.39 is 15.6 Å². The minimum absolute atomic E-state index is 0.114. The van der Waals surface area contributed by atoms with Crippen molar-refractivity contribution >= 4 is 50.6 Å². The van der Waals surface area contributed by atoms with Crippen LogP contribution < -0.4 is 5.32 Å². The molecule has 2 aliphatic rings. The van der Waals surface area contributed by atoms with E-state index in [1.165, 1.54) is 9.37 Å². The van der Waals surface area contributed by atoms with Crippen molar-refractivity contribution < 1.29 is 27.6 Å². The molecule has 0 radical (unpaired) electrons. The van der Waals surface area contributed by atoms with Gasteiger partial charge in [-0.3, -0.25) is 19.2 Å². The molecule has 10 nitrogen and oxygen atoms in total. The summed E-state index contributed by atoms with van der Waals surface area (Å²) < 4.78 is 27.9. The molecular formula is C29H39ClN4O6S. The Morgan fingerprint density at radius 1 is 1.02 bits per heavy atom. The van der Waals surface area contributed by atoms with Gasteiger partial charge in [0.2, 0.25) is 28.2 Å². The van der Waals surface area contributed by atoms with Crippen molar-refractivity contribution in [2.45, 2.75) is 57.0 Å². The lowest BCUT2D eigenvalue weighted by Crippen LogP contribution is -2.52. The largest absolute Gasteiger partial charge is 0.347 e. The van der Waals surface area contributed by atoms with Crippen LogP contribution in [-0.2, 0) is 29.2 Å². The van der Waals surface area contributed by atoms with E-state index in [2.05, 4.69) is 5.32 Å². The van der Waals surface area contributed by atoms with Crippen molar-refractivity contribution in [3.63, 3.8) is 0 Å². The number of carbonyl (C=O) groups is 3. The predicted molar refractivity (Wildman–Crippen MR) is 156 cm³/mol. The number of nitrogens with one attached hydrogen (secondary N) is 1. The molecule has 0 unspecified atom stereocenters. The third kappa shape index (κ3) is 8.18. The fourth-order valence-corrected chi connectivity index (χ4v) is 7.05. The van der Waals surface area contributed by atoms with Crippen molar-refractivity contribution in [3.8, 4) is 0 Å². The zero-order valence-electron chi connectivity index (χ0n) is 23.8. The smallest absolute Gasteiger partial charge is 0.243 e. The minimum Gasteiger partial charge on any atom is -0.347 e. The van der Waals surface area contributed by atoms with Crippen LogP contribution in [0, 0.1) is 11.8 Å². The molecule has 1 saturated carbocycles. The second-order valence-corrected chi connectivity index (χ2v) is 14.2. The predicted octanol–water partition coefficient (Wildman–Crippen LogP) is 3.44. The molecule has 1 N–H and O–H groups in total. The summed E-state index contributed by atoms with van der Waals surface area (Å²) in [7, 11) is -3.71. The topological polar surface area (TPSA) is 116 Å². The van der Waals surface area contributed by atoms with Gasteiger partial charge in [-0.15, -0.1) is 0 Å². The fourth-order valence-electron chi connectivity index (χ4n) is 5.42. The van der Waals surface area contributed by atoms with Crippen molar-refractivity contribution in [1.29, 1.82) is 0 Å². The number of amides is 3. The summed E-state index contributed by atoms with van der Waals surface area (Å²) in [5, 5.41) is 6.34. The number of halogens is 1. The monoisotopic (exact) mass is 606 g/mol. The minimum atomic E-state index is -3.71. The Bertz CT molecular complexity index is 1360. The maximum atomic E-state index is 13.2. The molecule has 2 aromatic rings. The zero-order valence-corrected chi connectivity index (χ0v) is 25.4. The van der Waals surface area contributed by atoms with Gasteiger partial charge < -0.3 is 10.2 Å². The van der Waals surface area contributed by atoms with E-state index in [0.717, 1.165) is 23.6 Å². The summed E-state index contributed by atoms with van der Waals surface area (Å²) in [6, 6.07) is 10.3. The van der Waals surface area contributed by atoms with E-state index >= 15 is 0 Å². The number of hydrogen-bond acceptors (Lipinski definition) is 6. The first-order chi connectivity index (χ1) is 19.4. The van der Waals surface area contributed by atoms with E-state index in [4.69, 9.17) is 16.4 Å². The van der Waals surface area contributed by atoms with Gasteiger partial charge in [0.1, 0.15) is 0 Å². The Morgan fingerprint density at radius 3 is 2.29 bits per heavy atom. The van der Waals surface area contributed by atoms with Gasteiger partial charge >= 0.3 is 0 Å². The second-order valence-electron chi connectivity index (χ2n) is 11.8. The van der Waals surface area contributed by atoms with E-state index in [1.807, 2.05) is 20.8 Å². The first-order valence-electron chi connectivity index (χ1n) is 14.0. The van der Waals surface area contributed by atoms with Gasteiger partial charge in [0.05, 0.1) is 23.6 Å². The van der Waals surface area contributed by atoms with Crippen molar-refractivity contribution in [2.24, 2.45) is 11.8 Å². The maximum absolute atomic E-state index is 13.2. The van der Waals surface area contributed by atoms with Gasteiger partial charge in [-0.05, 0) is 87.4 Å². The lowest BCUT2D eigenvalue weighted by atomic mass is 9.81. The van der Waals surface area contributed by atoms with Crippen molar-refractivity contribution in [2.75, 3.05) is 39.3 Å². The molecule has 0 spiro atoms. The number of piperazine rings is 1. The van der Waals surface area contributed by atoms with Crippen molar-refractivity contribution in [3.05, 3.63) is 41.4 Å². The average Bonchev–Trinajstić information content (AvgIpc) is 2.94. The number of rotatable bonds is 9. The van der Waals surface area contributed by atoms with Gasteiger partial charge in [-0.1, -0.05) is 23.7 Å². The van der Waals surface area contributed by atoms with Crippen LogP contribution in [-0.4, -0.2) is 85.8 Å². The Hall–Kier alpha value is -2.73. The molecule has 2 aromatic carbocycles. The summed E-state index contributed by atoms with van der Waals surface area (Å²) in [4.78, 5) is 44.3. The first kappa shape index (κ1) is 31.2. The number of hydroxylamine groups is 2. The average molecular weight is 607 g/mol. The van der Waals surface area contributed by atoms with E-state index in [0.29, 0.717) is 30.8 Å². The van der Waals surface area contributed by atoms with Gasteiger partial charge in [-0.25, -0.2) is 13.5 Å². The molecule has 4 rings (SSSR count). The number of sulfonamides is 1. The summed E-state index contributed by atoms with van der Waals surface area (Å²) in [6.45, 7) is 6.91. The molecule has 1 aliphatic carbocycles. The SMILES string of the molecule is CC(C)(C)ON(C=O)CC1CCC(C(=O)NCC(=O)N2CCN(S(=O)(=O)c3ccc4cc(Cl)ccc4c3)CC2)CC1. The van der Waals surface area contributed by atoms with E-state index in [-0.39, 0.29) is 61.3 Å². The number of fused-ring (bicyclic) bond motifs is 1. The fraction of sp³-hybridized carbons (Fsp3) is 0.552. The molecule has 0 bridgehead atoms. The highest BCUT2D eigenvalue weighted by molar-refractivity contribution is 7.89. The number of benzene rings is 2. The van der Waals surface area contributed by atoms with Crippen LogP contribution in [0.25, 0.3) is 10.8 Å². The summed E-state index contributed by atoms with van der Waals surface area (Å²) in [6.07, 6.45) is 3.66. The van der Waals surface area contributed by atoms with Gasteiger partial charge in [0.15, 0.2) is 0 Å². The van der Waals surface area contributed by atoms with Gasteiger partial charge in [0.25, 0.3) is 0 Å².